The normalized spacial score (nSPS) is 23.5. The molecule has 102 valence electrons. The van der Waals surface area contributed by atoms with Crippen molar-refractivity contribution < 1.29 is 9.47 Å². The van der Waals surface area contributed by atoms with E-state index < -0.39 is 0 Å². The number of ether oxygens (including phenoxy) is 2. The summed E-state index contributed by atoms with van der Waals surface area (Å²) in [5, 5.41) is 7.90. The van der Waals surface area contributed by atoms with E-state index in [1.165, 1.54) is 0 Å². The highest BCUT2D eigenvalue weighted by molar-refractivity contribution is 5.87. The van der Waals surface area contributed by atoms with Crippen LogP contribution in [0.5, 0.6) is 11.5 Å². The van der Waals surface area contributed by atoms with Gasteiger partial charge in [0.15, 0.2) is 11.5 Å². The Hall–Kier alpha value is -1.75. The second-order valence-corrected chi connectivity index (χ2v) is 5.09. The SMILES string of the molecule is COc1c(O[C@H]2CCC[C@H](N)C2)ccc2[nH]ncc12. The largest absolute Gasteiger partial charge is 0.492 e. The standard InChI is InChI=1S/C14H19N3O2/c1-18-14-11-8-16-17-12(11)5-6-13(14)19-10-4-2-3-9(15)7-10/h5-6,8-10H,2-4,7,15H2,1H3,(H,16,17)/t9-,10-/m0/s1. The number of nitrogens with zero attached hydrogens (tertiary/aromatic N) is 1. The third-order valence-corrected chi connectivity index (χ3v) is 3.70. The fraction of sp³-hybridized carbons (Fsp3) is 0.500. The van der Waals surface area contributed by atoms with Gasteiger partial charge in [-0.1, -0.05) is 0 Å². The molecule has 1 aliphatic carbocycles. The van der Waals surface area contributed by atoms with Gasteiger partial charge in [-0.05, 0) is 37.8 Å². The Balaban J connectivity index is 1.87. The van der Waals surface area contributed by atoms with Crippen molar-refractivity contribution in [3.63, 3.8) is 0 Å². The van der Waals surface area contributed by atoms with Crippen LogP contribution in [0.15, 0.2) is 18.3 Å². The van der Waals surface area contributed by atoms with Gasteiger partial charge in [0, 0.05) is 6.04 Å². The molecule has 1 aliphatic rings. The number of nitrogens with two attached hydrogens (primary N) is 1. The summed E-state index contributed by atoms with van der Waals surface area (Å²) in [7, 11) is 1.65. The van der Waals surface area contributed by atoms with Crippen LogP contribution in [0.2, 0.25) is 0 Å². The first-order valence-electron chi connectivity index (χ1n) is 6.70. The number of fused-ring (bicyclic) bond motifs is 1. The predicted octanol–water partition coefficient (Wildman–Crippen LogP) is 2.22. The number of rotatable bonds is 3. The highest BCUT2D eigenvalue weighted by Crippen LogP contribution is 2.36. The number of nitrogens with one attached hydrogen (secondary N) is 1. The highest BCUT2D eigenvalue weighted by Gasteiger charge is 2.22. The summed E-state index contributed by atoms with van der Waals surface area (Å²) in [5.74, 6) is 1.51. The summed E-state index contributed by atoms with van der Waals surface area (Å²) in [6, 6.07) is 4.14. The number of benzene rings is 1. The maximum atomic E-state index is 6.08. The van der Waals surface area contributed by atoms with E-state index in [1.54, 1.807) is 13.3 Å². The van der Waals surface area contributed by atoms with Crippen molar-refractivity contribution in [1.29, 1.82) is 0 Å². The maximum absolute atomic E-state index is 6.08. The van der Waals surface area contributed by atoms with Gasteiger partial charge < -0.3 is 15.2 Å². The number of methoxy groups -OCH3 is 1. The van der Waals surface area contributed by atoms with Gasteiger partial charge in [-0.15, -0.1) is 0 Å². The molecule has 0 unspecified atom stereocenters. The first-order valence-corrected chi connectivity index (χ1v) is 6.70. The van der Waals surface area contributed by atoms with Crippen LogP contribution >= 0.6 is 0 Å². The van der Waals surface area contributed by atoms with Crippen molar-refractivity contribution in [3.8, 4) is 11.5 Å². The van der Waals surface area contributed by atoms with Crippen LogP contribution in [0.1, 0.15) is 25.7 Å². The topological polar surface area (TPSA) is 73.2 Å². The lowest BCUT2D eigenvalue weighted by molar-refractivity contribution is 0.140. The number of H-pyrrole nitrogens is 1. The summed E-state index contributed by atoms with van der Waals surface area (Å²) in [4.78, 5) is 0. The van der Waals surface area contributed by atoms with E-state index in [0.29, 0.717) is 0 Å². The summed E-state index contributed by atoms with van der Waals surface area (Å²) in [6.07, 6.45) is 6.13. The van der Waals surface area contributed by atoms with Gasteiger partial charge in [0.05, 0.1) is 24.2 Å². The maximum Gasteiger partial charge on any atom is 0.171 e. The molecule has 0 radical (unpaired) electrons. The molecule has 0 amide bonds. The second kappa shape index (κ2) is 5.09. The van der Waals surface area contributed by atoms with Gasteiger partial charge in [-0.3, -0.25) is 5.10 Å². The number of hydrogen-bond acceptors (Lipinski definition) is 4. The average molecular weight is 261 g/mol. The fourth-order valence-electron chi connectivity index (χ4n) is 2.74. The van der Waals surface area contributed by atoms with Crippen molar-refractivity contribution in [2.45, 2.75) is 37.8 Å². The van der Waals surface area contributed by atoms with Crippen LogP contribution in [0.4, 0.5) is 0 Å². The zero-order valence-electron chi connectivity index (χ0n) is 11.1. The molecule has 1 heterocycles. The lowest BCUT2D eigenvalue weighted by Crippen LogP contribution is -2.33. The van der Waals surface area contributed by atoms with Crippen LogP contribution in [0.3, 0.4) is 0 Å². The van der Waals surface area contributed by atoms with Gasteiger partial charge in [0.1, 0.15) is 6.10 Å². The molecule has 1 aromatic heterocycles. The lowest BCUT2D eigenvalue weighted by Gasteiger charge is -2.27. The number of aromatic amines is 1. The van der Waals surface area contributed by atoms with E-state index in [4.69, 9.17) is 15.2 Å². The van der Waals surface area contributed by atoms with Crippen molar-refractivity contribution in [2.24, 2.45) is 5.73 Å². The molecule has 2 atom stereocenters. The van der Waals surface area contributed by atoms with Gasteiger partial charge >= 0.3 is 0 Å². The molecule has 0 saturated heterocycles. The van der Waals surface area contributed by atoms with E-state index in [9.17, 15) is 0 Å². The van der Waals surface area contributed by atoms with E-state index in [1.807, 2.05) is 12.1 Å². The average Bonchev–Trinajstić information content (AvgIpc) is 2.87. The minimum atomic E-state index is 0.182. The Morgan fingerprint density at radius 3 is 3.05 bits per heavy atom. The highest BCUT2D eigenvalue weighted by atomic mass is 16.5. The molecule has 19 heavy (non-hydrogen) atoms. The van der Waals surface area contributed by atoms with E-state index >= 15 is 0 Å². The Morgan fingerprint density at radius 1 is 1.37 bits per heavy atom. The first kappa shape index (κ1) is 12.3. The monoisotopic (exact) mass is 261 g/mol. The van der Waals surface area contributed by atoms with E-state index in [-0.39, 0.29) is 12.1 Å². The quantitative estimate of drug-likeness (QED) is 0.888. The van der Waals surface area contributed by atoms with Crippen molar-refractivity contribution in [3.05, 3.63) is 18.3 Å². The molecular formula is C14H19N3O2. The van der Waals surface area contributed by atoms with E-state index in [0.717, 1.165) is 48.1 Å². The summed E-state index contributed by atoms with van der Waals surface area (Å²) >= 11 is 0. The predicted molar refractivity (Wildman–Crippen MR) is 73.5 cm³/mol. The van der Waals surface area contributed by atoms with Crippen molar-refractivity contribution >= 4 is 10.9 Å². The molecule has 3 rings (SSSR count). The molecule has 1 fully saturated rings. The number of aromatic nitrogens is 2. The van der Waals surface area contributed by atoms with Crippen LogP contribution in [0.25, 0.3) is 10.9 Å². The van der Waals surface area contributed by atoms with Crippen LogP contribution in [-0.2, 0) is 0 Å². The Bertz CT molecular complexity index is 567. The molecule has 0 bridgehead atoms. The lowest BCUT2D eigenvalue weighted by atomic mass is 9.93. The second-order valence-electron chi connectivity index (χ2n) is 5.09. The molecule has 0 aliphatic heterocycles. The Labute approximate surface area is 112 Å². The van der Waals surface area contributed by atoms with Gasteiger partial charge in [-0.2, -0.15) is 5.10 Å². The summed E-state index contributed by atoms with van der Waals surface area (Å²) in [6.45, 7) is 0. The van der Waals surface area contributed by atoms with Crippen molar-refractivity contribution in [2.75, 3.05) is 7.11 Å². The third-order valence-electron chi connectivity index (χ3n) is 3.70. The van der Waals surface area contributed by atoms with E-state index in [2.05, 4.69) is 10.2 Å². The minimum absolute atomic E-state index is 0.182. The third kappa shape index (κ3) is 2.38. The molecule has 3 N–H and O–H groups in total. The summed E-state index contributed by atoms with van der Waals surface area (Å²) < 4.78 is 11.5. The zero-order valence-corrected chi connectivity index (χ0v) is 11.1. The fourth-order valence-corrected chi connectivity index (χ4v) is 2.74. The molecule has 2 aromatic rings. The zero-order chi connectivity index (χ0) is 13.2. The Kier molecular flexibility index (Phi) is 3.29. The minimum Gasteiger partial charge on any atom is -0.492 e. The van der Waals surface area contributed by atoms with Crippen molar-refractivity contribution in [1.82, 2.24) is 10.2 Å². The first-order chi connectivity index (χ1) is 9.28. The molecule has 1 aromatic carbocycles. The van der Waals surface area contributed by atoms with Crippen LogP contribution in [-0.4, -0.2) is 29.5 Å². The molecular weight excluding hydrogens is 242 g/mol. The van der Waals surface area contributed by atoms with Gasteiger partial charge in [-0.25, -0.2) is 0 Å². The van der Waals surface area contributed by atoms with Gasteiger partial charge in [0.2, 0.25) is 0 Å². The molecule has 5 heteroatoms. The Morgan fingerprint density at radius 2 is 2.26 bits per heavy atom. The molecule has 5 nitrogen and oxygen atoms in total. The number of hydrogen-bond donors (Lipinski definition) is 2. The molecule has 1 saturated carbocycles. The van der Waals surface area contributed by atoms with Crippen LogP contribution < -0.4 is 15.2 Å². The summed E-state index contributed by atoms with van der Waals surface area (Å²) in [5.41, 5.74) is 6.95. The smallest absolute Gasteiger partial charge is 0.171 e. The molecule has 0 spiro atoms. The van der Waals surface area contributed by atoms with Gasteiger partial charge in [0.25, 0.3) is 0 Å². The van der Waals surface area contributed by atoms with Crippen LogP contribution in [0, 0.1) is 0 Å².